The van der Waals surface area contributed by atoms with E-state index < -0.39 is 17.4 Å². The van der Waals surface area contributed by atoms with Crippen molar-refractivity contribution in [3.8, 4) is 22.0 Å². The molecule has 2 aliphatic heterocycles. The number of aromatic hydroxyl groups is 1. The summed E-state index contributed by atoms with van der Waals surface area (Å²) >= 11 is 8.02. The summed E-state index contributed by atoms with van der Waals surface area (Å²) in [5.41, 5.74) is 2.25. The highest BCUT2D eigenvalue weighted by atomic mass is 35.5. The van der Waals surface area contributed by atoms with Crippen molar-refractivity contribution in [2.45, 2.75) is 38.8 Å². The molecule has 0 unspecified atom stereocenters. The normalized spacial score (nSPS) is 18.3. The fourth-order valence-electron chi connectivity index (χ4n) is 6.04. The topological polar surface area (TPSA) is 112 Å². The molecule has 0 saturated carbocycles. The zero-order chi connectivity index (χ0) is 30.9. The van der Waals surface area contributed by atoms with Crippen LogP contribution in [0.5, 0.6) is 5.75 Å². The number of likely N-dealkylation sites (N-methyl/N-ethyl adjacent to an activating group) is 1. The van der Waals surface area contributed by atoms with Crippen LogP contribution in [0, 0.1) is 5.82 Å². The van der Waals surface area contributed by atoms with Crippen LogP contribution in [0.15, 0.2) is 47.2 Å². The van der Waals surface area contributed by atoms with E-state index in [1.165, 1.54) is 52.1 Å². The van der Waals surface area contributed by atoms with Gasteiger partial charge in [-0.3, -0.25) is 14.4 Å². The van der Waals surface area contributed by atoms with E-state index in [2.05, 4.69) is 11.6 Å². The third-order valence-electron chi connectivity index (χ3n) is 7.99. The number of anilines is 2. The first-order chi connectivity index (χ1) is 20.5. The van der Waals surface area contributed by atoms with Gasteiger partial charge in [0.05, 0.1) is 39.7 Å². The molecule has 3 aromatic heterocycles. The van der Waals surface area contributed by atoms with Crippen molar-refractivity contribution in [1.29, 1.82) is 0 Å². The number of hydrogen-bond donors (Lipinski definition) is 1. The Balaban J connectivity index is 1.73. The Bertz CT molecular complexity index is 1890. The lowest BCUT2D eigenvalue weighted by molar-refractivity contribution is -0.129. The molecule has 0 radical (unpaired) electrons. The van der Waals surface area contributed by atoms with Crippen molar-refractivity contribution >= 4 is 57.2 Å². The van der Waals surface area contributed by atoms with E-state index in [9.17, 15) is 19.5 Å². The molecular weight excluding hydrogens is 595 g/mol. The van der Waals surface area contributed by atoms with Gasteiger partial charge in [0, 0.05) is 25.0 Å². The number of hydrogen-bond acceptors (Lipinski definition) is 8. The van der Waals surface area contributed by atoms with Crippen LogP contribution in [0.25, 0.3) is 27.3 Å². The highest BCUT2D eigenvalue weighted by Gasteiger charge is 2.46. The van der Waals surface area contributed by atoms with Gasteiger partial charge in [0.2, 0.25) is 5.91 Å². The zero-order valence-electron chi connectivity index (χ0n) is 23.8. The highest BCUT2D eigenvalue weighted by molar-refractivity contribution is 7.12. The summed E-state index contributed by atoms with van der Waals surface area (Å²) in [7, 11) is 1.53. The van der Waals surface area contributed by atoms with Gasteiger partial charge in [0.15, 0.2) is 5.65 Å². The van der Waals surface area contributed by atoms with Gasteiger partial charge in [-0.2, -0.15) is 0 Å². The van der Waals surface area contributed by atoms with Crippen LogP contribution in [-0.4, -0.2) is 68.6 Å². The molecule has 13 heteroatoms. The van der Waals surface area contributed by atoms with Crippen molar-refractivity contribution in [3.63, 3.8) is 0 Å². The molecule has 4 aromatic rings. The number of halogens is 2. The average molecular weight is 623 g/mol. The molecule has 1 saturated heterocycles. The molecule has 1 fully saturated rings. The van der Waals surface area contributed by atoms with Crippen LogP contribution >= 0.6 is 22.9 Å². The average Bonchev–Trinajstić information content (AvgIpc) is 3.45. The molecule has 0 bridgehead atoms. The molecule has 6 rings (SSSR count). The van der Waals surface area contributed by atoms with Crippen molar-refractivity contribution in [2.24, 2.45) is 0 Å². The van der Waals surface area contributed by atoms with Crippen molar-refractivity contribution < 1.29 is 19.1 Å². The van der Waals surface area contributed by atoms with Crippen molar-refractivity contribution in [3.05, 3.63) is 69.3 Å². The fourth-order valence-corrected chi connectivity index (χ4v) is 7.24. The van der Waals surface area contributed by atoms with Crippen molar-refractivity contribution in [2.75, 3.05) is 29.9 Å². The number of fused-ring (bicyclic) bond motifs is 5. The molecule has 0 spiro atoms. The van der Waals surface area contributed by atoms with Gasteiger partial charge in [-0.15, -0.1) is 11.3 Å². The van der Waals surface area contributed by atoms with Gasteiger partial charge < -0.3 is 19.8 Å². The maximum Gasteiger partial charge on any atom is 0.283 e. The molecule has 5 heterocycles. The van der Waals surface area contributed by atoms with Gasteiger partial charge >= 0.3 is 0 Å². The van der Waals surface area contributed by atoms with Crippen LogP contribution in [0.1, 0.15) is 32.4 Å². The number of rotatable bonds is 4. The van der Waals surface area contributed by atoms with Crippen LogP contribution in [-0.2, 0) is 9.59 Å². The Morgan fingerprint density at radius 1 is 1.26 bits per heavy atom. The second-order valence-electron chi connectivity index (χ2n) is 11.0. The van der Waals surface area contributed by atoms with E-state index in [1.54, 1.807) is 16.5 Å². The lowest BCUT2D eigenvalue weighted by atomic mass is 9.97. The number of piperazine rings is 1. The van der Waals surface area contributed by atoms with Gasteiger partial charge in [0.1, 0.15) is 28.3 Å². The molecule has 43 heavy (non-hydrogen) atoms. The minimum Gasteiger partial charge on any atom is -0.507 e. The Hall–Kier alpha value is -4.29. The van der Waals surface area contributed by atoms with E-state index in [0.717, 1.165) is 0 Å². The number of carbonyl (C=O) groups is 2. The Morgan fingerprint density at radius 2 is 2.00 bits per heavy atom. The molecule has 222 valence electrons. The van der Waals surface area contributed by atoms with Gasteiger partial charge in [-0.25, -0.2) is 18.9 Å². The third kappa shape index (κ3) is 4.30. The largest absolute Gasteiger partial charge is 0.507 e. The fraction of sp³-hybridized carbons (Fsp3) is 0.300. The summed E-state index contributed by atoms with van der Waals surface area (Å²) in [4.78, 5) is 54.9. The molecule has 10 nitrogen and oxygen atoms in total. The number of thiazole rings is 1. The van der Waals surface area contributed by atoms with E-state index in [0.29, 0.717) is 21.8 Å². The summed E-state index contributed by atoms with van der Waals surface area (Å²) < 4.78 is 16.5. The number of carbonyl (C=O) groups excluding carboxylic acids is 2. The standard InChI is InChI=1S/C30H28ClFN6O4S/c1-6-21(40)36-11-15(4)37-19(12-36)28(41)35(5)26-25(37)16-10-17(31)24(22-18(32)8-7-9-20(22)39)34-27(16)38(29(26)42)30-23(14(2)3)33-13-43-30/h6-10,13-15,19,39H,1,11-12H2,2-5H3/t15-,19-/m1/s1. The second-order valence-corrected chi connectivity index (χ2v) is 12.2. The minimum absolute atomic E-state index is 0.0397. The number of phenols is 1. The van der Waals surface area contributed by atoms with Gasteiger partial charge in [-0.05, 0) is 37.1 Å². The first-order valence-corrected chi connectivity index (χ1v) is 14.9. The number of nitrogens with zero attached hydrogens (tertiary/aromatic N) is 6. The monoisotopic (exact) mass is 622 g/mol. The second kappa shape index (κ2) is 10.5. The van der Waals surface area contributed by atoms with Crippen LogP contribution in [0.4, 0.5) is 15.8 Å². The Kier molecular flexibility index (Phi) is 7.01. The minimum atomic E-state index is -0.785. The third-order valence-corrected chi connectivity index (χ3v) is 9.10. The van der Waals surface area contributed by atoms with Crippen molar-refractivity contribution in [1.82, 2.24) is 19.4 Å². The highest BCUT2D eigenvalue weighted by Crippen LogP contribution is 2.45. The molecule has 1 N–H and O–H groups in total. The van der Waals surface area contributed by atoms with E-state index in [1.807, 2.05) is 25.7 Å². The summed E-state index contributed by atoms with van der Waals surface area (Å²) in [5, 5.41) is 11.6. The maximum absolute atomic E-state index is 15.1. The van der Waals surface area contributed by atoms with Crippen LogP contribution in [0.2, 0.25) is 5.02 Å². The number of phenolic OH excluding ortho intramolecular Hbond substituents is 1. The number of pyridine rings is 2. The first kappa shape index (κ1) is 28.8. The Morgan fingerprint density at radius 3 is 2.67 bits per heavy atom. The van der Waals surface area contributed by atoms with Gasteiger partial charge in [-0.1, -0.05) is 38.1 Å². The maximum atomic E-state index is 15.1. The lowest BCUT2D eigenvalue weighted by Gasteiger charge is -2.50. The molecule has 1 aromatic carbocycles. The predicted molar refractivity (Wildman–Crippen MR) is 165 cm³/mol. The van der Waals surface area contributed by atoms with E-state index >= 15 is 4.39 Å². The number of benzene rings is 1. The SMILES string of the molecule is C=CC(=O)N1C[C@@H](C)N2c3c(c(=O)n(-c4scnc4C(C)C)c4nc(-c5c(O)cccc5F)c(Cl)cc34)N(C)C(=O)[C@H]2C1. The lowest BCUT2D eigenvalue weighted by Crippen LogP contribution is -2.66. The summed E-state index contributed by atoms with van der Waals surface area (Å²) in [5.74, 6) is -1.78. The first-order valence-electron chi connectivity index (χ1n) is 13.6. The summed E-state index contributed by atoms with van der Waals surface area (Å²) in [6, 6.07) is 4.32. The quantitative estimate of drug-likeness (QED) is 0.329. The Labute approximate surface area is 255 Å². The molecule has 2 aliphatic rings. The molecule has 2 amide bonds. The van der Waals surface area contributed by atoms with E-state index in [4.69, 9.17) is 16.6 Å². The van der Waals surface area contributed by atoms with Gasteiger partial charge in [0.25, 0.3) is 11.5 Å². The number of amides is 2. The van der Waals surface area contributed by atoms with E-state index in [-0.39, 0.29) is 70.2 Å². The molecular formula is C30H28ClFN6O4S. The number of aromatic nitrogens is 3. The summed E-state index contributed by atoms with van der Waals surface area (Å²) in [6.45, 7) is 9.73. The van der Waals surface area contributed by atoms with Crippen LogP contribution in [0.3, 0.4) is 0 Å². The molecule has 2 atom stereocenters. The zero-order valence-corrected chi connectivity index (χ0v) is 25.4. The summed E-state index contributed by atoms with van der Waals surface area (Å²) in [6.07, 6.45) is 1.21. The molecule has 0 aliphatic carbocycles. The smallest absolute Gasteiger partial charge is 0.283 e. The predicted octanol–water partition coefficient (Wildman–Crippen LogP) is 4.70. The van der Waals surface area contributed by atoms with Crippen LogP contribution < -0.4 is 15.4 Å².